The van der Waals surface area contributed by atoms with Gasteiger partial charge in [0.25, 0.3) is 0 Å². The molecule has 7 heteroatoms. The maximum absolute atomic E-state index is 12.1. The number of hydrogen-bond donors (Lipinski definition) is 2. The molecule has 1 aromatic rings. The first-order valence-corrected chi connectivity index (χ1v) is 7.36. The van der Waals surface area contributed by atoms with Crippen molar-refractivity contribution in [2.45, 2.75) is 13.0 Å². The minimum atomic E-state index is -0.278. The molecule has 1 aliphatic heterocycles. The molecule has 19 heavy (non-hydrogen) atoms. The number of amides is 1. The molecule has 104 valence electrons. The molecule has 1 aliphatic rings. The molecule has 2 rings (SSSR count). The van der Waals surface area contributed by atoms with Gasteiger partial charge in [0.1, 0.15) is 11.9 Å². The number of rotatable bonds is 3. The van der Waals surface area contributed by atoms with Gasteiger partial charge in [-0.15, -0.1) is 0 Å². The summed E-state index contributed by atoms with van der Waals surface area (Å²) in [4.78, 5) is 18.4. The molecule has 0 aliphatic carbocycles. The van der Waals surface area contributed by atoms with Crippen molar-refractivity contribution in [3.63, 3.8) is 0 Å². The van der Waals surface area contributed by atoms with E-state index >= 15 is 0 Å². The normalized spacial score (nSPS) is 19.3. The van der Waals surface area contributed by atoms with E-state index in [4.69, 9.17) is 11.6 Å². The number of halogens is 2. The summed E-state index contributed by atoms with van der Waals surface area (Å²) < 4.78 is 0.825. The van der Waals surface area contributed by atoms with E-state index < -0.39 is 0 Å². The standard InChI is InChI=1S/C12H16BrClN4O/c1-2-16-12(19)10-7-15-3-4-18(10)11-9(14)5-8(13)6-17-11/h5-6,10,15H,2-4,7H2,1H3,(H,16,19). The van der Waals surface area contributed by atoms with Gasteiger partial charge in [0.15, 0.2) is 0 Å². The van der Waals surface area contributed by atoms with E-state index in [0.29, 0.717) is 30.5 Å². The fraction of sp³-hybridized carbons (Fsp3) is 0.500. The molecule has 2 heterocycles. The topological polar surface area (TPSA) is 57.3 Å². The number of hydrogen-bond acceptors (Lipinski definition) is 4. The molecule has 1 atom stereocenters. The molecule has 2 N–H and O–H groups in total. The molecule has 1 aromatic heterocycles. The van der Waals surface area contributed by atoms with Crippen molar-refractivity contribution in [3.8, 4) is 0 Å². The van der Waals surface area contributed by atoms with Crippen LogP contribution in [0.25, 0.3) is 0 Å². The van der Waals surface area contributed by atoms with Gasteiger partial charge in [0, 0.05) is 36.8 Å². The van der Waals surface area contributed by atoms with Gasteiger partial charge in [-0.3, -0.25) is 4.79 Å². The zero-order chi connectivity index (χ0) is 13.8. The number of pyridine rings is 1. The summed E-state index contributed by atoms with van der Waals surface area (Å²) in [6.07, 6.45) is 1.69. The summed E-state index contributed by atoms with van der Waals surface area (Å²) in [6, 6.07) is 1.51. The van der Waals surface area contributed by atoms with Crippen LogP contribution in [-0.2, 0) is 4.79 Å². The van der Waals surface area contributed by atoms with Crippen LogP contribution in [0.1, 0.15) is 6.92 Å². The smallest absolute Gasteiger partial charge is 0.244 e. The fourth-order valence-electron chi connectivity index (χ4n) is 2.10. The number of anilines is 1. The van der Waals surface area contributed by atoms with Crippen molar-refractivity contribution in [2.75, 3.05) is 31.1 Å². The summed E-state index contributed by atoms with van der Waals surface area (Å²) in [5, 5.41) is 6.61. The summed E-state index contributed by atoms with van der Waals surface area (Å²) >= 11 is 9.56. The molecule has 1 amide bonds. The highest BCUT2D eigenvalue weighted by molar-refractivity contribution is 9.10. The number of nitrogens with zero attached hydrogens (tertiary/aromatic N) is 2. The molecule has 1 unspecified atom stereocenters. The average molecular weight is 348 g/mol. The van der Waals surface area contributed by atoms with Crippen molar-refractivity contribution >= 4 is 39.3 Å². The van der Waals surface area contributed by atoms with E-state index in [9.17, 15) is 4.79 Å². The van der Waals surface area contributed by atoms with Crippen molar-refractivity contribution in [2.24, 2.45) is 0 Å². The maximum atomic E-state index is 12.1. The lowest BCUT2D eigenvalue weighted by Gasteiger charge is -2.36. The van der Waals surface area contributed by atoms with Crippen LogP contribution in [0.4, 0.5) is 5.82 Å². The third kappa shape index (κ3) is 3.38. The predicted octanol–water partition coefficient (Wildman–Crippen LogP) is 1.41. The van der Waals surface area contributed by atoms with Gasteiger partial charge in [-0.25, -0.2) is 4.98 Å². The molecule has 1 saturated heterocycles. The predicted molar refractivity (Wildman–Crippen MR) is 79.6 cm³/mol. The van der Waals surface area contributed by atoms with Gasteiger partial charge in [0.2, 0.25) is 5.91 Å². The molecule has 0 bridgehead atoms. The van der Waals surface area contributed by atoms with Crippen molar-refractivity contribution < 1.29 is 4.79 Å². The number of nitrogens with one attached hydrogen (secondary N) is 2. The largest absolute Gasteiger partial charge is 0.355 e. The first-order chi connectivity index (χ1) is 9.13. The first kappa shape index (κ1) is 14.6. The van der Waals surface area contributed by atoms with E-state index in [-0.39, 0.29) is 11.9 Å². The SMILES string of the molecule is CCNC(=O)C1CNCCN1c1ncc(Br)cc1Cl. The first-order valence-electron chi connectivity index (χ1n) is 6.19. The van der Waals surface area contributed by atoms with Gasteiger partial charge >= 0.3 is 0 Å². The van der Waals surface area contributed by atoms with Crippen molar-refractivity contribution in [1.82, 2.24) is 15.6 Å². The Morgan fingerprint density at radius 1 is 1.74 bits per heavy atom. The average Bonchev–Trinajstić information content (AvgIpc) is 2.39. The van der Waals surface area contributed by atoms with Crippen LogP contribution >= 0.6 is 27.5 Å². The van der Waals surface area contributed by atoms with Crippen LogP contribution in [0.5, 0.6) is 0 Å². The Balaban J connectivity index is 2.26. The lowest BCUT2D eigenvalue weighted by Crippen LogP contribution is -2.58. The maximum Gasteiger partial charge on any atom is 0.244 e. The molecule has 0 aromatic carbocycles. The second-order valence-corrected chi connectivity index (χ2v) is 5.59. The van der Waals surface area contributed by atoms with Crippen LogP contribution in [0.15, 0.2) is 16.7 Å². The second kappa shape index (κ2) is 6.54. The molecule has 1 fully saturated rings. The lowest BCUT2D eigenvalue weighted by molar-refractivity contribution is -0.122. The molecule has 0 radical (unpaired) electrons. The van der Waals surface area contributed by atoms with Crippen LogP contribution in [0.3, 0.4) is 0 Å². The monoisotopic (exact) mass is 346 g/mol. The number of likely N-dealkylation sites (N-methyl/N-ethyl adjacent to an activating group) is 1. The second-order valence-electron chi connectivity index (χ2n) is 4.27. The fourth-order valence-corrected chi connectivity index (χ4v) is 2.84. The number of piperazine rings is 1. The summed E-state index contributed by atoms with van der Waals surface area (Å²) in [5.74, 6) is 0.651. The Hall–Kier alpha value is -0.850. The van der Waals surface area contributed by atoms with E-state index in [2.05, 4.69) is 31.5 Å². The Labute approximate surface area is 125 Å². The van der Waals surface area contributed by atoms with E-state index in [1.807, 2.05) is 11.8 Å². The molecular formula is C12H16BrClN4O. The van der Waals surface area contributed by atoms with Gasteiger partial charge < -0.3 is 15.5 Å². The van der Waals surface area contributed by atoms with Gasteiger partial charge in [0.05, 0.1) is 5.02 Å². The van der Waals surface area contributed by atoms with E-state index in [1.54, 1.807) is 12.3 Å². The van der Waals surface area contributed by atoms with Crippen LogP contribution in [-0.4, -0.2) is 43.1 Å². The third-order valence-corrected chi connectivity index (χ3v) is 3.67. The summed E-state index contributed by atoms with van der Waals surface area (Å²) in [5.41, 5.74) is 0. The van der Waals surface area contributed by atoms with Gasteiger partial charge in [-0.2, -0.15) is 0 Å². The summed E-state index contributed by atoms with van der Waals surface area (Å²) in [7, 11) is 0. The highest BCUT2D eigenvalue weighted by Gasteiger charge is 2.30. The summed E-state index contributed by atoms with van der Waals surface area (Å²) in [6.45, 7) is 4.63. The van der Waals surface area contributed by atoms with Crippen molar-refractivity contribution in [1.29, 1.82) is 0 Å². The Morgan fingerprint density at radius 2 is 2.53 bits per heavy atom. The van der Waals surface area contributed by atoms with Crippen molar-refractivity contribution in [3.05, 3.63) is 21.8 Å². The minimum Gasteiger partial charge on any atom is -0.355 e. The zero-order valence-electron chi connectivity index (χ0n) is 10.6. The molecule has 0 spiro atoms. The molecule has 0 saturated carbocycles. The number of carbonyl (C=O) groups excluding carboxylic acids is 1. The quantitative estimate of drug-likeness (QED) is 0.868. The van der Waals surface area contributed by atoms with Gasteiger partial charge in [-0.1, -0.05) is 11.6 Å². The Morgan fingerprint density at radius 3 is 3.21 bits per heavy atom. The highest BCUT2D eigenvalue weighted by Crippen LogP contribution is 2.28. The number of aromatic nitrogens is 1. The van der Waals surface area contributed by atoms with Gasteiger partial charge in [-0.05, 0) is 28.9 Å². The Bertz CT molecular complexity index is 471. The molecular weight excluding hydrogens is 332 g/mol. The van der Waals surface area contributed by atoms with E-state index in [0.717, 1.165) is 11.0 Å². The lowest BCUT2D eigenvalue weighted by atomic mass is 10.1. The molecule has 5 nitrogen and oxygen atoms in total. The number of carbonyl (C=O) groups is 1. The highest BCUT2D eigenvalue weighted by atomic mass is 79.9. The van der Waals surface area contributed by atoms with Crippen LogP contribution < -0.4 is 15.5 Å². The van der Waals surface area contributed by atoms with Crippen LogP contribution in [0, 0.1) is 0 Å². The minimum absolute atomic E-state index is 0.00418. The third-order valence-electron chi connectivity index (χ3n) is 2.96. The Kier molecular flexibility index (Phi) is 5.01. The van der Waals surface area contributed by atoms with E-state index in [1.165, 1.54) is 0 Å². The van der Waals surface area contributed by atoms with Crippen LogP contribution in [0.2, 0.25) is 5.02 Å². The zero-order valence-corrected chi connectivity index (χ0v) is 13.0.